The Morgan fingerprint density at radius 2 is 2.19 bits per heavy atom. The van der Waals surface area contributed by atoms with Crippen LogP contribution in [0.5, 0.6) is 0 Å². The Bertz CT molecular complexity index is 344. The minimum Gasteiger partial charge on any atom is -0.388 e. The summed E-state index contributed by atoms with van der Waals surface area (Å²) in [5, 5.41) is 10.1. The summed E-state index contributed by atoms with van der Waals surface area (Å²) in [4.78, 5) is 0. The van der Waals surface area contributed by atoms with Gasteiger partial charge in [-0.1, -0.05) is 13.0 Å². The summed E-state index contributed by atoms with van der Waals surface area (Å²) in [5.41, 5.74) is 0.783. The molecule has 0 fully saturated rings. The van der Waals surface area contributed by atoms with E-state index in [0.29, 0.717) is 6.61 Å². The summed E-state index contributed by atoms with van der Waals surface area (Å²) in [6.45, 7) is 2.58. The Kier molecular flexibility index (Phi) is 5.64. The molecule has 0 amide bonds. The molecule has 1 aromatic carbocycles. The van der Waals surface area contributed by atoms with Crippen molar-refractivity contribution in [3.8, 4) is 0 Å². The normalized spacial score (nSPS) is 14.8. The summed E-state index contributed by atoms with van der Waals surface area (Å²) in [6.07, 6.45) is 0.216. The zero-order valence-electron chi connectivity index (χ0n) is 9.41. The molecule has 0 aromatic heterocycles. The van der Waals surface area contributed by atoms with E-state index in [1.54, 1.807) is 13.2 Å². The van der Waals surface area contributed by atoms with Gasteiger partial charge < -0.3 is 9.84 Å². The number of benzene rings is 1. The highest BCUT2D eigenvalue weighted by Crippen LogP contribution is 2.28. The summed E-state index contributed by atoms with van der Waals surface area (Å²) in [7, 11) is 1.64. The first-order valence-corrected chi connectivity index (χ1v) is 6.26. The van der Waals surface area contributed by atoms with Crippen LogP contribution < -0.4 is 0 Å². The van der Waals surface area contributed by atoms with E-state index in [4.69, 9.17) is 4.74 Å². The van der Waals surface area contributed by atoms with Gasteiger partial charge in [-0.2, -0.15) is 0 Å². The number of aliphatic hydroxyl groups excluding tert-OH is 1. The largest absolute Gasteiger partial charge is 0.388 e. The van der Waals surface area contributed by atoms with Crippen LogP contribution in [0.2, 0.25) is 0 Å². The molecule has 1 rings (SSSR count). The van der Waals surface area contributed by atoms with Crippen LogP contribution in [0.4, 0.5) is 4.39 Å². The van der Waals surface area contributed by atoms with Crippen LogP contribution in [0.15, 0.2) is 18.2 Å². The summed E-state index contributed by atoms with van der Waals surface area (Å²) in [5.74, 6) is -0.177. The van der Waals surface area contributed by atoms with Crippen LogP contribution in [0.1, 0.15) is 25.0 Å². The first-order valence-electron chi connectivity index (χ1n) is 5.18. The average molecular weight is 338 g/mol. The SMILES string of the molecule is COCCC(C)C(O)c1ccc(F)cc1I. The second-order valence-corrected chi connectivity index (χ2v) is 5.03. The predicted octanol–water partition coefficient (Wildman–Crippen LogP) is 3.14. The molecule has 1 N–H and O–H groups in total. The van der Waals surface area contributed by atoms with Crippen molar-refractivity contribution in [2.75, 3.05) is 13.7 Å². The maximum atomic E-state index is 12.9. The Morgan fingerprint density at radius 3 is 2.75 bits per heavy atom. The fourth-order valence-corrected chi connectivity index (χ4v) is 2.31. The smallest absolute Gasteiger partial charge is 0.124 e. The van der Waals surface area contributed by atoms with Crippen molar-refractivity contribution in [2.45, 2.75) is 19.4 Å². The van der Waals surface area contributed by atoms with Crippen molar-refractivity contribution in [3.05, 3.63) is 33.1 Å². The van der Waals surface area contributed by atoms with Gasteiger partial charge in [0.1, 0.15) is 5.82 Å². The molecule has 0 aliphatic heterocycles. The Labute approximate surface area is 109 Å². The highest BCUT2D eigenvalue weighted by molar-refractivity contribution is 14.1. The number of hydrogen-bond acceptors (Lipinski definition) is 2. The van der Waals surface area contributed by atoms with Crippen molar-refractivity contribution in [1.29, 1.82) is 0 Å². The molecule has 0 saturated heterocycles. The van der Waals surface area contributed by atoms with E-state index in [-0.39, 0.29) is 11.7 Å². The van der Waals surface area contributed by atoms with Crippen molar-refractivity contribution in [2.24, 2.45) is 5.92 Å². The van der Waals surface area contributed by atoms with Gasteiger partial charge in [-0.25, -0.2) is 4.39 Å². The molecule has 0 heterocycles. The maximum absolute atomic E-state index is 12.9. The summed E-state index contributed by atoms with van der Waals surface area (Å²) >= 11 is 2.04. The second kappa shape index (κ2) is 6.51. The van der Waals surface area contributed by atoms with Gasteiger partial charge >= 0.3 is 0 Å². The third kappa shape index (κ3) is 3.68. The number of ether oxygens (including phenoxy) is 1. The van der Waals surface area contributed by atoms with E-state index in [1.807, 2.05) is 29.5 Å². The number of methoxy groups -OCH3 is 1. The molecule has 0 aliphatic carbocycles. The van der Waals surface area contributed by atoms with Crippen LogP contribution in [0, 0.1) is 15.3 Å². The lowest BCUT2D eigenvalue weighted by molar-refractivity contribution is 0.0880. The van der Waals surface area contributed by atoms with E-state index >= 15 is 0 Å². The van der Waals surface area contributed by atoms with Gasteiger partial charge in [-0.15, -0.1) is 0 Å². The van der Waals surface area contributed by atoms with E-state index in [0.717, 1.165) is 15.6 Å². The second-order valence-electron chi connectivity index (χ2n) is 3.87. The Morgan fingerprint density at radius 1 is 1.50 bits per heavy atom. The van der Waals surface area contributed by atoms with Gasteiger partial charge in [-0.05, 0) is 52.6 Å². The van der Waals surface area contributed by atoms with Crippen LogP contribution in [-0.2, 0) is 4.74 Å². The zero-order valence-corrected chi connectivity index (χ0v) is 11.6. The van der Waals surface area contributed by atoms with Gasteiger partial charge in [0, 0.05) is 17.3 Å². The number of halogens is 2. The lowest BCUT2D eigenvalue weighted by Crippen LogP contribution is -2.12. The van der Waals surface area contributed by atoms with E-state index in [9.17, 15) is 9.50 Å². The van der Waals surface area contributed by atoms with Gasteiger partial charge in [0.05, 0.1) is 6.10 Å². The van der Waals surface area contributed by atoms with Crippen molar-refractivity contribution in [1.82, 2.24) is 0 Å². The monoisotopic (exact) mass is 338 g/mol. The Balaban J connectivity index is 2.75. The molecular formula is C12H16FIO2. The van der Waals surface area contributed by atoms with Crippen molar-refractivity contribution < 1.29 is 14.2 Å². The topological polar surface area (TPSA) is 29.5 Å². The van der Waals surface area contributed by atoms with Crippen molar-refractivity contribution in [3.63, 3.8) is 0 Å². The first-order chi connectivity index (χ1) is 7.56. The Hall–Kier alpha value is -0.200. The minimum atomic E-state index is -0.567. The maximum Gasteiger partial charge on any atom is 0.124 e. The quantitative estimate of drug-likeness (QED) is 0.836. The minimum absolute atomic E-state index is 0.0962. The molecule has 0 bridgehead atoms. The summed E-state index contributed by atoms with van der Waals surface area (Å²) in [6, 6.07) is 4.46. The van der Waals surface area contributed by atoms with Crippen LogP contribution in [0.25, 0.3) is 0 Å². The summed E-state index contributed by atoms with van der Waals surface area (Å²) < 4.78 is 18.6. The third-order valence-corrected chi connectivity index (χ3v) is 3.53. The molecule has 0 saturated carbocycles. The number of aliphatic hydroxyl groups is 1. The van der Waals surface area contributed by atoms with Gasteiger partial charge in [0.25, 0.3) is 0 Å². The molecular weight excluding hydrogens is 322 g/mol. The molecule has 16 heavy (non-hydrogen) atoms. The van der Waals surface area contributed by atoms with E-state index in [1.165, 1.54) is 12.1 Å². The molecule has 1 aromatic rings. The van der Waals surface area contributed by atoms with E-state index < -0.39 is 6.10 Å². The standard InChI is InChI=1S/C12H16FIO2/c1-8(5-6-16-2)12(15)10-4-3-9(13)7-11(10)14/h3-4,7-8,12,15H,5-6H2,1-2H3. The van der Waals surface area contributed by atoms with Crippen LogP contribution >= 0.6 is 22.6 Å². The molecule has 0 radical (unpaired) electrons. The first kappa shape index (κ1) is 13.9. The molecule has 4 heteroatoms. The number of hydrogen-bond donors (Lipinski definition) is 1. The van der Waals surface area contributed by atoms with Gasteiger partial charge in [0.2, 0.25) is 0 Å². The molecule has 90 valence electrons. The number of rotatable bonds is 5. The highest BCUT2D eigenvalue weighted by Gasteiger charge is 2.18. The predicted molar refractivity (Wildman–Crippen MR) is 69.7 cm³/mol. The molecule has 0 aliphatic rings. The fourth-order valence-electron chi connectivity index (χ4n) is 1.51. The lowest BCUT2D eigenvalue weighted by Gasteiger charge is -2.20. The molecule has 0 spiro atoms. The molecule has 2 nitrogen and oxygen atoms in total. The molecule has 2 unspecified atom stereocenters. The average Bonchev–Trinajstić information content (AvgIpc) is 2.25. The van der Waals surface area contributed by atoms with Gasteiger partial charge in [0.15, 0.2) is 0 Å². The lowest BCUT2D eigenvalue weighted by atomic mass is 9.95. The van der Waals surface area contributed by atoms with Gasteiger partial charge in [-0.3, -0.25) is 0 Å². The highest BCUT2D eigenvalue weighted by atomic mass is 127. The fraction of sp³-hybridized carbons (Fsp3) is 0.500. The third-order valence-electron chi connectivity index (χ3n) is 2.60. The zero-order chi connectivity index (χ0) is 12.1. The molecule has 2 atom stereocenters. The van der Waals surface area contributed by atoms with Crippen LogP contribution in [-0.4, -0.2) is 18.8 Å². The van der Waals surface area contributed by atoms with E-state index in [2.05, 4.69) is 0 Å². The van der Waals surface area contributed by atoms with Crippen molar-refractivity contribution >= 4 is 22.6 Å². The van der Waals surface area contributed by atoms with Crippen LogP contribution in [0.3, 0.4) is 0 Å².